The number of carboxylic acids is 1. The van der Waals surface area contributed by atoms with E-state index in [0.29, 0.717) is 32.2 Å². The van der Waals surface area contributed by atoms with Crippen molar-refractivity contribution in [2.24, 2.45) is 11.8 Å². The van der Waals surface area contributed by atoms with Gasteiger partial charge in [-0.15, -0.1) is 0 Å². The highest BCUT2D eigenvalue weighted by atomic mass is 19.2. The minimum Gasteiger partial charge on any atom is -0.481 e. The molecular weight excluding hydrogens is 282 g/mol. The quantitative estimate of drug-likeness (QED) is 0.833. The van der Waals surface area contributed by atoms with Crippen LogP contribution in [0, 0.1) is 23.6 Å². The summed E-state index contributed by atoms with van der Waals surface area (Å²) in [5, 5.41) is 11.5. The Morgan fingerprint density at radius 3 is 2.57 bits per heavy atom. The Morgan fingerprint density at radius 1 is 1.29 bits per heavy atom. The van der Waals surface area contributed by atoms with E-state index < -0.39 is 23.6 Å². The summed E-state index contributed by atoms with van der Waals surface area (Å²) < 4.78 is 26.3. The molecule has 0 spiro atoms. The maximum Gasteiger partial charge on any atom is 0.306 e. The number of carboxylic acid groups (broad SMARTS) is 1. The van der Waals surface area contributed by atoms with Crippen molar-refractivity contribution < 1.29 is 23.5 Å². The maximum absolute atomic E-state index is 13.4. The lowest BCUT2D eigenvalue weighted by Gasteiger charge is -2.26. The van der Waals surface area contributed by atoms with Crippen molar-refractivity contribution >= 4 is 11.9 Å². The van der Waals surface area contributed by atoms with Gasteiger partial charge < -0.3 is 10.4 Å². The molecule has 1 aliphatic rings. The summed E-state index contributed by atoms with van der Waals surface area (Å²) in [6, 6.07) is 1.12. The zero-order valence-corrected chi connectivity index (χ0v) is 11.3. The van der Waals surface area contributed by atoms with Gasteiger partial charge in [-0.1, -0.05) is 0 Å². The summed E-state index contributed by atoms with van der Waals surface area (Å²) in [7, 11) is 0. The fourth-order valence-corrected chi connectivity index (χ4v) is 2.54. The number of aromatic nitrogens is 1. The maximum atomic E-state index is 13.4. The van der Waals surface area contributed by atoms with Crippen LogP contribution in [0.25, 0.3) is 0 Å². The number of halogens is 2. The third-order valence-electron chi connectivity index (χ3n) is 3.84. The summed E-state index contributed by atoms with van der Waals surface area (Å²) in [4.78, 5) is 25.7. The third kappa shape index (κ3) is 3.74. The van der Waals surface area contributed by atoms with Gasteiger partial charge in [-0.2, -0.15) is 4.39 Å². The number of carbonyl (C=O) groups is 2. The summed E-state index contributed by atoms with van der Waals surface area (Å²) in [6.45, 7) is 0.328. The smallest absolute Gasteiger partial charge is 0.306 e. The highest BCUT2D eigenvalue weighted by Crippen LogP contribution is 2.28. The number of aliphatic carboxylic acids is 1. The number of hydrogen-bond donors (Lipinski definition) is 2. The SMILES string of the molecule is O=C(NCC1CCC(C(=O)O)CC1)c1ccnc(F)c1F. The molecule has 0 unspecified atom stereocenters. The first-order valence-corrected chi connectivity index (χ1v) is 6.80. The first kappa shape index (κ1) is 15.3. The van der Waals surface area contributed by atoms with Gasteiger partial charge in [-0.25, -0.2) is 9.37 Å². The molecule has 0 atom stereocenters. The number of hydrogen-bond acceptors (Lipinski definition) is 3. The van der Waals surface area contributed by atoms with E-state index in [9.17, 15) is 18.4 Å². The fourth-order valence-electron chi connectivity index (χ4n) is 2.54. The van der Waals surface area contributed by atoms with Gasteiger partial charge in [0.05, 0.1) is 11.5 Å². The molecule has 2 rings (SSSR count). The molecule has 1 aromatic rings. The van der Waals surface area contributed by atoms with Crippen molar-refractivity contribution in [3.63, 3.8) is 0 Å². The summed E-state index contributed by atoms with van der Waals surface area (Å²) in [5.74, 6) is -4.18. The largest absolute Gasteiger partial charge is 0.481 e. The predicted molar refractivity (Wildman–Crippen MR) is 69.6 cm³/mol. The van der Waals surface area contributed by atoms with Crippen molar-refractivity contribution in [3.8, 4) is 0 Å². The van der Waals surface area contributed by atoms with Crippen molar-refractivity contribution in [2.75, 3.05) is 6.54 Å². The second kappa shape index (κ2) is 6.60. The van der Waals surface area contributed by atoms with E-state index in [0.717, 1.165) is 12.3 Å². The number of carbonyl (C=O) groups excluding carboxylic acids is 1. The van der Waals surface area contributed by atoms with E-state index in [-0.39, 0.29) is 17.4 Å². The van der Waals surface area contributed by atoms with Crippen LogP contribution in [0.5, 0.6) is 0 Å². The third-order valence-corrected chi connectivity index (χ3v) is 3.84. The molecule has 5 nitrogen and oxygen atoms in total. The van der Waals surface area contributed by atoms with E-state index in [1.165, 1.54) is 0 Å². The molecule has 114 valence electrons. The lowest BCUT2D eigenvalue weighted by atomic mass is 9.82. The van der Waals surface area contributed by atoms with Crippen LogP contribution < -0.4 is 5.32 Å². The summed E-state index contributed by atoms with van der Waals surface area (Å²) in [5.41, 5.74) is -0.373. The Bertz CT molecular complexity index is 543. The molecule has 1 aromatic heterocycles. The number of nitrogens with zero attached hydrogens (tertiary/aromatic N) is 1. The molecule has 0 bridgehead atoms. The molecule has 1 amide bonds. The topological polar surface area (TPSA) is 79.3 Å². The first-order valence-electron chi connectivity index (χ1n) is 6.80. The molecule has 0 aliphatic heterocycles. The van der Waals surface area contributed by atoms with Gasteiger partial charge in [0.25, 0.3) is 5.91 Å². The predicted octanol–water partition coefficient (Wildman–Crippen LogP) is 1.98. The Kier molecular flexibility index (Phi) is 4.82. The van der Waals surface area contributed by atoms with Crippen LogP contribution in [0.1, 0.15) is 36.0 Å². The van der Waals surface area contributed by atoms with Gasteiger partial charge in [-0.05, 0) is 37.7 Å². The van der Waals surface area contributed by atoms with Crippen LogP contribution in [-0.2, 0) is 4.79 Å². The van der Waals surface area contributed by atoms with Crippen LogP contribution in [0.4, 0.5) is 8.78 Å². The standard InChI is InChI=1S/C14H16F2N2O3/c15-11-10(5-6-17-12(11)16)13(19)18-7-8-1-3-9(4-2-8)14(20)21/h5-6,8-9H,1-4,7H2,(H,18,19)(H,20,21). The highest BCUT2D eigenvalue weighted by Gasteiger charge is 2.26. The Hall–Kier alpha value is -2.05. The van der Waals surface area contributed by atoms with E-state index in [1.807, 2.05) is 0 Å². The molecule has 21 heavy (non-hydrogen) atoms. The second-order valence-electron chi connectivity index (χ2n) is 5.23. The van der Waals surface area contributed by atoms with Crippen molar-refractivity contribution in [1.82, 2.24) is 10.3 Å². The van der Waals surface area contributed by atoms with Gasteiger partial charge in [0, 0.05) is 12.7 Å². The Balaban J connectivity index is 1.85. The fraction of sp³-hybridized carbons (Fsp3) is 0.500. The molecule has 1 saturated carbocycles. The number of amides is 1. The van der Waals surface area contributed by atoms with Crippen LogP contribution in [0.2, 0.25) is 0 Å². The molecule has 1 heterocycles. The Labute approximate surface area is 120 Å². The monoisotopic (exact) mass is 298 g/mol. The first-order chi connectivity index (χ1) is 9.99. The molecule has 1 fully saturated rings. The van der Waals surface area contributed by atoms with Gasteiger partial charge in [-0.3, -0.25) is 9.59 Å². The average Bonchev–Trinajstić information content (AvgIpc) is 2.48. The van der Waals surface area contributed by atoms with Crippen LogP contribution in [0.15, 0.2) is 12.3 Å². The molecule has 0 saturated heterocycles. The number of pyridine rings is 1. The minimum atomic E-state index is -1.30. The van der Waals surface area contributed by atoms with Crippen LogP contribution in [-0.4, -0.2) is 28.5 Å². The minimum absolute atomic E-state index is 0.166. The second-order valence-corrected chi connectivity index (χ2v) is 5.23. The van der Waals surface area contributed by atoms with E-state index in [4.69, 9.17) is 5.11 Å². The lowest BCUT2D eigenvalue weighted by molar-refractivity contribution is -0.143. The van der Waals surface area contributed by atoms with Gasteiger partial charge in [0.2, 0.25) is 5.95 Å². The number of nitrogens with one attached hydrogen (secondary N) is 1. The molecular formula is C14H16F2N2O3. The van der Waals surface area contributed by atoms with E-state index in [1.54, 1.807) is 0 Å². The van der Waals surface area contributed by atoms with Crippen molar-refractivity contribution in [1.29, 1.82) is 0 Å². The molecule has 7 heteroatoms. The average molecular weight is 298 g/mol. The molecule has 2 N–H and O–H groups in total. The molecule has 1 aliphatic carbocycles. The summed E-state index contributed by atoms with van der Waals surface area (Å²) in [6.07, 6.45) is 3.59. The van der Waals surface area contributed by atoms with Gasteiger partial charge in [0.15, 0.2) is 5.82 Å². The van der Waals surface area contributed by atoms with Crippen LogP contribution in [0.3, 0.4) is 0 Å². The lowest BCUT2D eigenvalue weighted by Crippen LogP contribution is -2.33. The van der Waals surface area contributed by atoms with E-state index >= 15 is 0 Å². The number of rotatable bonds is 4. The zero-order chi connectivity index (χ0) is 15.4. The van der Waals surface area contributed by atoms with Crippen molar-refractivity contribution in [2.45, 2.75) is 25.7 Å². The van der Waals surface area contributed by atoms with Gasteiger partial charge >= 0.3 is 5.97 Å². The van der Waals surface area contributed by atoms with Gasteiger partial charge in [0.1, 0.15) is 0 Å². The summed E-state index contributed by atoms with van der Waals surface area (Å²) >= 11 is 0. The molecule has 0 aromatic carbocycles. The molecule has 0 radical (unpaired) electrons. The van der Waals surface area contributed by atoms with Crippen molar-refractivity contribution in [3.05, 3.63) is 29.6 Å². The Morgan fingerprint density at radius 2 is 1.95 bits per heavy atom. The van der Waals surface area contributed by atoms with E-state index in [2.05, 4.69) is 10.3 Å². The van der Waals surface area contributed by atoms with Crippen LogP contribution >= 0.6 is 0 Å². The zero-order valence-electron chi connectivity index (χ0n) is 11.3. The highest BCUT2D eigenvalue weighted by molar-refractivity contribution is 5.94. The normalized spacial score (nSPS) is 21.8.